The van der Waals surface area contributed by atoms with Crippen LogP contribution in [0, 0.1) is 10.1 Å². The summed E-state index contributed by atoms with van der Waals surface area (Å²) in [5.41, 5.74) is 0. The molecule has 0 saturated heterocycles. The second kappa shape index (κ2) is 4.39. The molecule has 0 spiro atoms. The van der Waals surface area contributed by atoms with E-state index in [1.165, 1.54) is 17.6 Å². The third-order valence-corrected chi connectivity index (χ3v) is 0.577. The van der Waals surface area contributed by atoms with Crippen LogP contribution in [0.25, 0.3) is 0 Å². The van der Waals surface area contributed by atoms with Crippen molar-refractivity contribution in [3.8, 4) is 0 Å². The minimum Gasteiger partial charge on any atom is -0.259 e. The molecule has 8 heavy (non-hydrogen) atoms. The number of nitrogens with zero attached hydrogens (tertiary/aromatic N) is 1. The van der Waals surface area contributed by atoms with Crippen LogP contribution in [0.15, 0.2) is 23.8 Å². The van der Waals surface area contributed by atoms with E-state index in [1.54, 1.807) is 0 Å². The van der Waals surface area contributed by atoms with Gasteiger partial charge >= 0.3 is 0 Å². The molecule has 0 atom stereocenters. The first-order valence-corrected chi connectivity index (χ1v) is 2.40. The molecule has 0 saturated carbocycles. The molecule has 3 nitrogen and oxygen atoms in total. The van der Waals surface area contributed by atoms with Crippen molar-refractivity contribution in [3.05, 3.63) is 33.9 Å². The Labute approximate surface area is 52.3 Å². The molecule has 0 bridgehead atoms. The molecule has 0 aliphatic rings. The summed E-state index contributed by atoms with van der Waals surface area (Å²) in [6.07, 6.45) is 3.60. The van der Waals surface area contributed by atoms with E-state index >= 15 is 0 Å². The van der Waals surface area contributed by atoms with Gasteiger partial charge in [0.2, 0.25) is 6.20 Å². The quantitative estimate of drug-likeness (QED) is 0.265. The minimum atomic E-state index is -0.534. The number of nitro groups is 1. The van der Waals surface area contributed by atoms with E-state index in [9.17, 15) is 10.1 Å². The van der Waals surface area contributed by atoms with Gasteiger partial charge in [0, 0.05) is 6.08 Å². The number of thiol groups is 1. The maximum Gasteiger partial charge on any atom is 0.234 e. The van der Waals surface area contributed by atoms with Gasteiger partial charge in [0.25, 0.3) is 0 Å². The summed E-state index contributed by atoms with van der Waals surface area (Å²) in [5, 5.41) is 11.0. The van der Waals surface area contributed by atoms with E-state index in [4.69, 9.17) is 0 Å². The third kappa shape index (κ3) is 5.23. The normalized spacial score (nSPS) is 11.1. The van der Waals surface area contributed by atoms with E-state index in [0.717, 1.165) is 6.20 Å². The van der Waals surface area contributed by atoms with Crippen molar-refractivity contribution in [3.63, 3.8) is 0 Å². The highest BCUT2D eigenvalue weighted by Crippen LogP contribution is 1.79. The fraction of sp³-hybridized carbons (Fsp3) is 0. The molecule has 4 heteroatoms. The monoisotopic (exact) mass is 131 g/mol. The molecular weight excluding hydrogens is 126 g/mol. The Bertz CT molecular complexity index is 130. The smallest absolute Gasteiger partial charge is 0.234 e. The Hall–Kier alpha value is -0.770. The van der Waals surface area contributed by atoms with Crippen molar-refractivity contribution in [2.45, 2.75) is 0 Å². The molecular formula is C4H5NO2S. The van der Waals surface area contributed by atoms with Gasteiger partial charge < -0.3 is 0 Å². The van der Waals surface area contributed by atoms with Crippen LogP contribution in [-0.2, 0) is 0 Å². The Morgan fingerprint density at radius 1 is 1.50 bits per heavy atom. The van der Waals surface area contributed by atoms with Crippen LogP contribution in [0.4, 0.5) is 0 Å². The second-order valence-corrected chi connectivity index (χ2v) is 1.27. The van der Waals surface area contributed by atoms with Crippen molar-refractivity contribution >= 4 is 12.6 Å². The molecule has 44 valence electrons. The van der Waals surface area contributed by atoms with Crippen LogP contribution in [0.5, 0.6) is 0 Å². The summed E-state index contributed by atoms with van der Waals surface area (Å²) in [6.45, 7) is 0. The van der Waals surface area contributed by atoms with Gasteiger partial charge in [-0.3, -0.25) is 10.1 Å². The number of rotatable bonds is 2. The largest absolute Gasteiger partial charge is 0.259 e. The highest BCUT2D eigenvalue weighted by atomic mass is 32.1. The van der Waals surface area contributed by atoms with Crippen molar-refractivity contribution < 1.29 is 4.92 Å². The van der Waals surface area contributed by atoms with Crippen LogP contribution < -0.4 is 0 Å². The van der Waals surface area contributed by atoms with E-state index < -0.39 is 4.92 Å². The molecule has 0 unspecified atom stereocenters. The first-order valence-electron chi connectivity index (χ1n) is 1.88. The van der Waals surface area contributed by atoms with Crippen LogP contribution in [-0.4, -0.2) is 4.92 Å². The highest BCUT2D eigenvalue weighted by molar-refractivity contribution is 7.83. The molecule has 0 aromatic heterocycles. The number of hydrogen-bond acceptors (Lipinski definition) is 3. The van der Waals surface area contributed by atoms with Crippen LogP contribution in [0.1, 0.15) is 0 Å². The number of allylic oxidation sites excluding steroid dienone is 2. The van der Waals surface area contributed by atoms with Crippen molar-refractivity contribution in [2.75, 3.05) is 0 Å². The Morgan fingerprint density at radius 2 is 2.12 bits per heavy atom. The van der Waals surface area contributed by atoms with E-state index in [1.807, 2.05) is 0 Å². The summed E-state index contributed by atoms with van der Waals surface area (Å²) < 4.78 is 0. The standard InChI is InChI=1S/C4H5NO2S/c6-5(7)3-1-2-4-8/h1-4,8H. The molecule has 0 heterocycles. The lowest BCUT2D eigenvalue weighted by atomic mass is 10.6. The predicted octanol–water partition coefficient (Wildman–Crippen LogP) is 1.22. The summed E-state index contributed by atoms with van der Waals surface area (Å²) in [7, 11) is 0. The first kappa shape index (κ1) is 7.23. The molecule has 0 aliphatic heterocycles. The molecule has 0 fully saturated rings. The van der Waals surface area contributed by atoms with Crippen molar-refractivity contribution in [1.29, 1.82) is 0 Å². The van der Waals surface area contributed by atoms with Crippen molar-refractivity contribution in [1.82, 2.24) is 0 Å². The Balaban J connectivity index is 3.50. The topological polar surface area (TPSA) is 43.1 Å². The van der Waals surface area contributed by atoms with Gasteiger partial charge in [-0.15, -0.1) is 0 Å². The first-order chi connectivity index (χ1) is 3.77. The van der Waals surface area contributed by atoms with Gasteiger partial charge in [-0.05, 0) is 5.41 Å². The van der Waals surface area contributed by atoms with Crippen LogP contribution >= 0.6 is 12.6 Å². The molecule has 0 N–H and O–H groups in total. The highest BCUT2D eigenvalue weighted by Gasteiger charge is 1.76. The van der Waals surface area contributed by atoms with E-state index in [2.05, 4.69) is 12.6 Å². The minimum absolute atomic E-state index is 0.534. The zero-order chi connectivity index (χ0) is 6.41. The van der Waals surface area contributed by atoms with Crippen LogP contribution in [0.2, 0.25) is 0 Å². The maximum atomic E-state index is 9.53. The van der Waals surface area contributed by atoms with Gasteiger partial charge in [0.15, 0.2) is 0 Å². The molecule has 0 radical (unpaired) electrons. The zero-order valence-corrected chi connectivity index (χ0v) is 4.91. The van der Waals surface area contributed by atoms with E-state index in [0.29, 0.717) is 0 Å². The maximum absolute atomic E-state index is 9.53. The molecule has 0 aromatic carbocycles. The molecule has 0 aromatic rings. The zero-order valence-electron chi connectivity index (χ0n) is 4.02. The molecule has 0 amide bonds. The number of hydrogen-bond donors (Lipinski definition) is 1. The second-order valence-electron chi connectivity index (χ2n) is 0.968. The Kier molecular flexibility index (Phi) is 3.97. The Morgan fingerprint density at radius 3 is 2.50 bits per heavy atom. The average molecular weight is 131 g/mol. The van der Waals surface area contributed by atoms with Gasteiger partial charge in [0.1, 0.15) is 0 Å². The predicted molar refractivity (Wildman–Crippen MR) is 34.3 cm³/mol. The summed E-state index contributed by atoms with van der Waals surface area (Å²) in [6, 6.07) is 0. The summed E-state index contributed by atoms with van der Waals surface area (Å²) in [4.78, 5) is 9.00. The fourth-order valence-electron chi connectivity index (χ4n) is 0.170. The van der Waals surface area contributed by atoms with Gasteiger partial charge in [0.05, 0.1) is 4.92 Å². The molecule has 0 aliphatic carbocycles. The van der Waals surface area contributed by atoms with Gasteiger partial charge in [-0.1, -0.05) is 6.08 Å². The third-order valence-electron chi connectivity index (χ3n) is 0.405. The molecule has 0 rings (SSSR count). The van der Waals surface area contributed by atoms with Crippen molar-refractivity contribution in [2.24, 2.45) is 0 Å². The lowest BCUT2D eigenvalue weighted by molar-refractivity contribution is -0.402. The van der Waals surface area contributed by atoms with Crippen LogP contribution in [0.3, 0.4) is 0 Å². The summed E-state index contributed by atoms with van der Waals surface area (Å²) >= 11 is 3.67. The average Bonchev–Trinajstić information content (AvgIpc) is 1.66. The SMILES string of the molecule is O=[N+]([O-])C=CC=CS. The lowest BCUT2D eigenvalue weighted by Crippen LogP contribution is -1.79. The fourth-order valence-corrected chi connectivity index (χ4v) is 0.269. The lowest BCUT2D eigenvalue weighted by Gasteiger charge is -1.71. The van der Waals surface area contributed by atoms with Gasteiger partial charge in [-0.25, -0.2) is 0 Å². The van der Waals surface area contributed by atoms with E-state index in [-0.39, 0.29) is 0 Å². The summed E-state index contributed by atoms with van der Waals surface area (Å²) in [5.74, 6) is 0. The van der Waals surface area contributed by atoms with Gasteiger partial charge in [-0.2, -0.15) is 12.6 Å².